The third kappa shape index (κ3) is 16.6. The number of hydrogen-bond donors (Lipinski definition) is 0. The van der Waals surface area contributed by atoms with Crippen LogP contribution < -0.4 is 0 Å². The van der Waals surface area contributed by atoms with Gasteiger partial charge in [0.05, 0.1) is 0 Å². The Labute approximate surface area is 193 Å². The van der Waals surface area contributed by atoms with Crippen molar-refractivity contribution in [2.45, 2.75) is 162 Å². The fourth-order valence-electron chi connectivity index (χ4n) is 3.74. The summed E-state index contributed by atoms with van der Waals surface area (Å²) in [6, 6.07) is 0. The molecule has 0 unspecified atom stereocenters. The van der Waals surface area contributed by atoms with Gasteiger partial charge in [-0.3, -0.25) is 0 Å². The van der Waals surface area contributed by atoms with Crippen LogP contribution in [0.5, 0.6) is 0 Å². The highest BCUT2D eigenvalue weighted by Crippen LogP contribution is 2.36. The lowest BCUT2D eigenvalue weighted by Gasteiger charge is -2.36. The molecular formula is C28H58OSi. The molecule has 0 saturated carbocycles. The molecule has 0 rings (SSSR count). The van der Waals surface area contributed by atoms with Crippen LogP contribution in [0, 0.1) is 0 Å². The van der Waals surface area contributed by atoms with E-state index in [0.29, 0.717) is 5.04 Å². The highest BCUT2D eigenvalue weighted by atomic mass is 28.4. The standard InChI is InChI=1S/C28H58OSi/c1-8-10-12-14-16-18-20-23-27(24-21-19-17-15-13-11-9-2)25-22-26-29-30(6,7)28(3,4)5/h25H,8-24,26H2,1-7H3. The SMILES string of the molecule is CCCCCCCCCC(=CCCO[Si](C)(C)C(C)(C)C)CCCCCCCCC. The Bertz CT molecular complexity index is 385. The van der Waals surface area contributed by atoms with Crippen molar-refractivity contribution in [2.24, 2.45) is 0 Å². The molecule has 30 heavy (non-hydrogen) atoms. The topological polar surface area (TPSA) is 9.23 Å². The molecule has 0 heterocycles. The number of hydrogen-bond acceptors (Lipinski definition) is 1. The molecule has 0 aliphatic heterocycles. The van der Waals surface area contributed by atoms with Gasteiger partial charge in [-0.15, -0.1) is 0 Å². The monoisotopic (exact) mass is 438 g/mol. The van der Waals surface area contributed by atoms with Gasteiger partial charge >= 0.3 is 0 Å². The molecule has 0 aliphatic carbocycles. The first-order chi connectivity index (χ1) is 14.2. The van der Waals surface area contributed by atoms with Gasteiger partial charge < -0.3 is 4.43 Å². The number of allylic oxidation sites excluding steroid dienone is 1. The van der Waals surface area contributed by atoms with Gasteiger partial charge in [0.1, 0.15) is 0 Å². The molecule has 0 atom stereocenters. The number of unbranched alkanes of at least 4 members (excludes halogenated alkanes) is 12. The van der Waals surface area contributed by atoms with Crippen molar-refractivity contribution in [1.29, 1.82) is 0 Å². The highest BCUT2D eigenvalue weighted by Gasteiger charge is 2.36. The average molecular weight is 439 g/mol. The van der Waals surface area contributed by atoms with Crippen molar-refractivity contribution in [3.05, 3.63) is 11.6 Å². The molecule has 0 bridgehead atoms. The van der Waals surface area contributed by atoms with Crippen LogP contribution in [0.3, 0.4) is 0 Å². The zero-order valence-corrected chi connectivity index (χ0v) is 23.2. The summed E-state index contributed by atoms with van der Waals surface area (Å²) in [5.74, 6) is 0. The predicted octanol–water partition coefficient (Wildman–Crippen LogP) is 10.6. The molecule has 0 spiro atoms. The van der Waals surface area contributed by atoms with Gasteiger partial charge in [-0.1, -0.05) is 123 Å². The number of rotatable bonds is 20. The van der Waals surface area contributed by atoms with Crippen molar-refractivity contribution in [3.8, 4) is 0 Å². The second-order valence-corrected chi connectivity index (χ2v) is 15.8. The van der Waals surface area contributed by atoms with Crippen LogP contribution in [0.25, 0.3) is 0 Å². The maximum absolute atomic E-state index is 6.40. The average Bonchev–Trinajstić information content (AvgIpc) is 2.68. The maximum Gasteiger partial charge on any atom is 0.191 e. The molecule has 180 valence electrons. The Balaban J connectivity index is 4.28. The van der Waals surface area contributed by atoms with Gasteiger partial charge in [0.15, 0.2) is 8.32 Å². The van der Waals surface area contributed by atoms with E-state index in [1.165, 1.54) is 103 Å². The van der Waals surface area contributed by atoms with Crippen molar-refractivity contribution in [3.63, 3.8) is 0 Å². The van der Waals surface area contributed by atoms with Crippen LogP contribution in [-0.2, 0) is 4.43 Å². The van der Waals surface area contributed by atoms with E-state index in [1.54, 1.807) is 5.57 Å². The van der Waals surface area contributed by atoms with Gasteiger partial charge in [0.25, 0.3) is 0 Å². The van der Waals surface area contributed by atoms with Crippen LogP contribution in [-0.4, -0.2) is 14.9 Å². The fraction of sp³-hybridized carbons (Fsp3) is 0.929. The summed E-state index contributed by atoms with van der Waals surface area (Å²) in [6.07, 6.45) is 26.0. The third-order valence-electron chi connectivity index (χ3n) is 7.02. The smallest absolute Gasteiger partial charge is 0.191 e. The lowest BCUT2D eigenvalue weighted by molar-refractivity contribution is 0.294. The van der Waals surface area contributed by atoms with Gasteiger partial charge in [0.2, 0.25) is 0 Å². The molecule has 0 aromatic rings. The van der Waals surface area contributed by atoms with E-state index in [-0.39, 0.29) is 0 Å². The minimum atomic E-state index is -1.60. The quantitative estimate of drug-likeness (QED) is 0.104. The minimum Gasteiger partial charge on any atom is -0.417 e. The third-order valence-corrected chi connectivity index (χ3v) is 11.6. The second kappa shape index (κ2) is 18.5. The molecular weight excluding hydrogens is 380 g/mol. The molecule has 0 aromatic heterocycles. The Kier molecular flexibility index (Phi) is 18.4. The van der Waals surface area contributed by atoms with Crippen molar-refractivity contribution < 1.29 is 4.43 Å². The van der Waals surface area contributed by atoms with Crippen molar-refractivity contribution in [1.82, 2.24) is 0 Å². The minimum absolute atomic E-state index is 0.315. The predicted molar refractivity (Wildman–Crippen MR) is 141 cm³/mol. The summed E-state index contributed by atoms with van der Waals surface area (Å²) in [6.45, 7) is 17.3. The van der Waals surface area contributed by atoms with E-state index in [9.17, 15) is 0 Å². The Morgan fingerprint density at radius 1 is 0.667 bits per heavy atom. The molecule has 0 N–H and O–H groups in total. The molecule has 0 amide bonds. The summed E-state index contributed by atoms with van der Waals surface area (Å²) in [4.78, 5) is 0. The van der Waals surface area contributed by atoms with E-state index in [4.69, 9.17) is 4.43 Å². The summed E-state index contributed by atoms with van der Waals surface area (Å²) in [7, 11) is -1.60. The lowest BCUT2D eigenvalue weighted by atomic mass is 9.98. The summed E-state index contributed by atoms with van der Waals surface area (Å²) >= 11 is 0. The molecule has 0 radical (unpaired) electrons. The van der Waals surface area contributed by atoms with E-state index in [0.717, 1.165) is 13.0 Å². The van der Waals surface area contributed by atoms with Crippen LogP contribution in [0.2, 0.25) is 18.1 Å². The van der Waals surface area contributed by atoms with E-state index >= 15 is 0 Å². The molecule has 0 aromatic carbocycles. The molecule has 0 aliphatic rings. The molecule has 0 saturated heterocycles. The van der Waals surface area contributed by atoms with Gasteiger partial charge in [-0.2, -0.15) is 0 Å². The van der Waals surface area contributed by atoms with Gasteiger partial charge in [-0.25, -0.2) is 0 Å². The van der Waals surface area contributed by atoms with Gasteiger partial charge in [0, 0.05) is 6.61 Å². The molecule has 2 heteroatoms. The Morgan fingerprint density at radius 3 is 1.47 bits per heavy atom. The van der Waals surface area contributed by atoms with E-state index in [1.807, 2.05) is 0 Å². The summed E-state index contributed by atoms with van der Waals surface area (Å²) in [5.41, 5.74) is 1.72. The maximum atomic E-state index is 6.40. The van der Waals surface area contributed by atoms with Gasteiger partial charge in [-0.05, 0) is 50.2 Å². The van der Waals surface area contributed by atoms with E-state index in [2.05, 4.69) is 53.8 Å². The zero-order chi connectivity index (χ0) is 22.7. The highest BCUT2D eigenvalue weighted by molar-refractivity contribution is 6.74. The van der Waals surface area contributed by atoms with E-state index < -0.39 is 8.32 Å². The Morgan fingerprint density at radius 2 is 1.07 bits per heavy atom. The van der Waals surface area contributed by atoms with Crippen LogP contribution in [0.4, 0.5) is 0 Å². The first-order valence-corrected chi connectivity index (χ1v) is 16.5. The van der Waals surface area contributed by atoms with Crippen LogP contribution >= 0.6 is 0 Å². The molecule has 0 fully saturated rings. The molecule has 1 nitrogen and oxygen atoms in total. The summed E-state index contributed by atoms with van der Waals surface area (Å²) < 4.78 is 6.40. The lowest BCUT2D eigenvalue weighted by Crippen LogP contribution is -2.40. The van der Waals surface area contributed by atoms with Crippen molar-refractivity contribution >= 4 is 8.32 Å². The van der Waals surface area contributed by atoms with Crippen LogP contribution in [0.1, 0.15) is 144 Å². The van der Waals surface area contributed by atoms with Crippen molar-refractivity contribution in [2.75, 3.05) is 6.61 Å². The fourth-order valence-corrected chi connectivity index (χ4v) is 4.80. The summed E-state index contributed by atoms with van der Waals surface area (Å²) in [5, 5.41) is 0.315. The first-order valence-electron chi connectivity index (χ1n) is 13.6. The van der Waals surface area contributed by atoms with Crippen LogP contribution in [0.15, 0.2) is 11.6 Å². The zero-order valence-electron chi connectivity index (χ0n) is 22.2. The first kappa shape index (κ1) is 29.9. The largest absolute Gasteiger partial charge is 0.417 e. The Hall–Kier alpha value is -0.0831. The normalized spacial score (nSPS) is 12.4. The second-order valence-electron chi connectivity index (χ2n) is 11.0.